The monoisotopic (exact) mass is 350 g/mol. The third-order valence-electron chi connectivity index (χ3n) is 3.86. The van der Waals surface area contributed by atoms with Gasteiger partial charge in [0, 0.05) is 43.2 Å². The van der Waals surface area contributed by atoms with Gasteiger partial charge in [-0.15, -0.1) is 0 Å². The Morgan fingerprint density at radius 3 is 3.04 bits per heavy atom. The fourth-order valence-electron chi connectivity index (χ4n) is 2.67. The second kappa shape index (κ2) is 6.66. The molecular formula is C15H16ClFN6O. The van der Waals surface area contributed by atoms with E-state index in [-0.39, 0.29) is 16.9 Å². The maximum Gasteiger partial charge on any atom is 0.272 e. The van der Waals surface area contributed by atoms with Crippen LogP contribution in [-0.2, 0) is 0 Å². The molecule has 2 aromatic heterocycles. The zero-order valence-corrected chi connectivity index (χ0v) is 13.7. The predicted octanol–water partition coefficient (Wildman–Crippen LogP) is 1.44. The first-order valence-electron chi connectivity index (χ1n) is 7.41. The Labute approximate surface area is 142 Å². The molecule has 0 radical (unpaired) electrons. The van der Waals surface area contributed by atoms with Crippen LogP contribution >= 0.6 is 11.6 Å². The molecule has 0 unspecified atom stereocenters. The van der Waals surface area contributed by atoms with Crippen molar-refractivity contribution in [2.45, 2.75) is 13.0 Å². The van der Waals surface area contributed by atoms with E-state index < -0.39 is 11.5 Å². The number of piperazine rings is 1. The van der Waals surface area contributed by atoms with Crippen molar-refractivity contribution in [3.05, 3.63) is 39.7 Å². The minimum Gasteiger partial charge on any atom is -0.344 e. The van der Waals surface area contributed by atoms with Crippen LogP contribution in [0.5, 0.6) is 0 Å². The Morgan fingerprint density at radius 1 is 1.54 bits per heavy atom. The summed E-state index contributed by atoms with van der Waals surface area (Å²) in [5.74, 6) is -0.159. The van der Waals surface area contributed by atoms with E-state index in [9.17, 15) is 9.18 Å². The van der Waals surface area contributed by atoms with Gasteiger partial charge in [0.15, 0.2) is 5.82 Å². The van der Waals surface area contributed by atoms with Gasteiger partial charge < -0.3 is 20.6 Å². The first kappa shape index (κ1) is 16.5. The molecule has 3 rings (SSSR count). The molecule has 1 fully saturated rings. The van der Waals surface area contributed by atoms with Gasteiger partial charge in [-0.1, -0.05) is 11.6 Å². The normalized spacial score (nSPS) is 17.8. The number of halogens is 2. The van der Waals surface area contributed by atoms with Crippen LogP contribution in [0.15, 0.2) is 23.1 Å². The Balaban J connectivity index is 2.10. The van der Waals surface area contributed by atoms with Gasteiger partial charge in [-0.25, -0.2) is 9.97 Å². The second-order valence-electron chi connectivity index (χ2n) is 5.52. The average molecular weight is 351 g/mol. The van der Waals surface area contributed by atoms with Crippen molar-refractivity contribution in [2.75, 3.05) is 24.5 Å². The van der Waals surface area contributed by atoms with Crippen molar-refractivity contribution in [3.63, 3.8) is 0 Å². The number of pyridine rings is 1. The van der Waals surface area contributed by atoms with Gasteiger partial charge in [0.2, 0.25) is 5.95 Å². The van der Waals surface area contributed by atoms with Crippen LogP contribution in [0.2, 0.25) is 5.02 Å². The van der Waals surface area contributed by atoms with E-state index in [1.54, 1.807) is 13.0 Å². The van der Waals surface area contributed by atoms with E-state index in [1.807, 2.05) is 4.90 Å². The number of rotatable bonds is 3. The van der Waals surface area contributed by atoms with E-state index in [2.05, 4.69) is 20.3 Å². The molecule has 0 bridgehead atoms. The summed E-state index contributed by atoms with van der Waals surface area (Å²) in [6.07, 6.45) is 1.30. The lowest BCUT2D eigenvalue weighted by atomic mass is 10.1. The summed E-state index contributed by atoms with van der Waals surface area (Å²) in [4.78, 5) is 24.5. The lowest BCUT2D eigenvalue weighted by Crippen LogP contribution is -2.55. The number of H-pyrrole nitrogens is 1. The molecule has 0 aliphatic carbocycles. The molecule has 0 saturated carbocycles. The zero-order chi connectivity index (χ0) is 17.3. The summed E-state index contributed by atoms with van der Waals surface area (Å²) in [5.41, 5.74) is 0.335. The standard InChI is InChI=1S/C15H16ClFN6O/c1-8(18)10-7-19-4-5-23(10)14-12(16)15(24)22-13(21-14)9-2-3-20-11(17)6-9/h2-3,6,10,18-19H,4-5,7H2,1H3,(H,21,22,24)/t10-/m0/s1. The third kappa shape index (κ3) is 3.15. The van der Waals surface area contributed by atoms with Crippen LogP contribution in [0.25, 0.3) is 11.4 Å². The summed E-state index contributed by atoms with van der Waals surface area (Å²) >= 11 is 6.16. The van der Waals surface area contributed by atoms with E-state index >= 15 is 0 Å². The first-order chi connectivity index (χ1) is 11.5. The third-order valence-corrected chi connectivity index (χ3v) is 4.20. The van der Waals surface area contributed by atoms with Crippen LogP contribution in [0.4, 0.5) is 10.2 Å². The molecule has 3 N–H and O–H groups in total. The van der Waals surface area contributed by atoms with Crippen LogP contribution in [0.1, 0.15) is 6.92 Å². The smallest absolute Gasteiger partial charge is 0.272 e. The summed E-state index contributed by atoms with van der Waals surface area (Å²) in [6, 6.07) is 2.50. The van der Waals surface area contributed by atoms with Crippen LogP contribution in [-0.4, -0.2) is 46.3 Å². The Bertz CT molecular complexity index is 839. The molecule has 0 spiro atoms. The van der Waals surface area contributed by atoms with Crippen molar-refractivity contribution in [2.24, 2.45) is 0 Å². The van der Waals surface area contributed by atoms with Crippen molar-refractivity contribution >= 4 is 23.1 Å². The molecule has 0 amide bonds. The lowest BCUT2D eigenvalue weighted by molar-refractivity contribution is 0.539. The molecule has 24 heavy (non-hydrogen) atoms. The largest absolute Gasteiger partial charge is 0.344 e. The van der Waals surface area contributed by atoms with Gasteiger partial charge in [-0.2, -0.15) is 4.39 Å². The van der Waals surface area contributed by atoms with Gasteiger partial charge in [0.25, 0.3) is 5.56 Å². The first-order valence-corrected chi connectivity index (χ1v) is 7.79. The summed E-state index contributed by atoms with van der Waals surface area (Å²) in [7, 11) is 0. The fourth-order valence-corrected chi connectivity index (χ4v) is 2.87. The lowest BCUT2D eigenvalue weighted by Gasteiger charge is -2.37. The van der Waals surface area contributed by atoms with Crippen LogP contribution in [0, 0.1) is 11.4 Å². The Kier molecular flexibility index (Phi) is 4.59. The Morgan fingerprint density at radius 2 is 2.33 bits per heavy atom. The molecule has 9 heteroatoms. The molecule has 1 aliphatic heterocycles. The second-order valence-corrected chi connectivity index (χ2v) is 5.89. The average Bonchev–Trinajstić information content (AvgIpc) is 2.57. The van der Waals surface area contributed by atoms with E-state index in [0.29, 0.717) is 36.7 Å². The fraction of sp³-hybridized carbons (Fsp3) is 0.333. The maximum atomic E-state index is 13.4. The number of hydrogen-bond acceptors (Lipinski definition) is 6. The van der Waals surface area contributed by atoms with Gasteiger partial charge in [0.1, 0.15) is 10.8 Å². The van der Waals surface area contributed by atoms with Crippen molar-refractivity contribution in [1.29, 1.82) is 5.41 Å². The van der Waals surface area contributed by atoms with Gasteiger partial charge in [0.05, 0.1) is 6.04 Å². The highest BCUT2D eigenvalue weighted by molar-refractivity contribution is 6.32. The molecule has 2 aromatic rings. The van der Waals surface area contributed by atoms with Crippen molar-refractivity contribution in [3.8, 4) is 11.4 Å². The molecule has 1 atom stereocenters. The predicted molar refractivity (Wildman–Crippen MR) is 90.5 cm³/mol. The van der Waals surface area contributed by atoms with Gasteiger partial charge in [-0.05, 0) is 13.0 Å². The van der Waals surface area contributed by atoms with Crippen LogP contribution in [0.3, 0.4) is 0 Å². The van der Waals surface area contributed by atoms with Gasteiger partial charge >= 0.3 is 0 Å². The summed E-state index contributed by atoms with van der Waals surface area (Å²) in [5, 5.41) is 11.1. The Hall–Kier alpha value is -2.32. The minimum atomic E-state index is -0.665. The molecule has 126 valence electrons. The topological polar surface area (TPSA) is 97.8 Å². The summed E-state index contributed by atoms with van der Waals surface area (Å²) < 4.78 is 13.4. The summed E-state index contributed by atoms with van der Waals surface area (Å²) in [6.45, 7) is 3.51. The maximum absolute atomic E-state index is 13.4. The molecular weight excluding hydrogens is 335 g/mol. The SMILES string of the molecule is CC(=N)[C@@H]1CNCCN1c1nc(-c2ccnc(F)c2)[nH]c(=O)c1Cl. The molecule has 1 saturated heterocycles. The number of aromatic nitrogens is 3. The van der Waals surface area contributed by atoms with Gasteiger partial charge in [-0.3, -0.25) is 4.79 Å². The molecule has 1 aliphatic rings. The number of nitrogens with one attached hydrogen (secondary N) is 3. The van der Waals surface area contributed by atoms with E-state index in [4.69, 9.17) is 17.0 Å². The molecule has 3 heterocycles. The number of aromatic amines is 1. The van der Waals surface area contributed by atoms with Crippen molar-refractivity contribution in [1.82, 2.24) is 20.3 Å². The molecule has 0 aromatic carbocycles. The zero-order valence-electron chi connectivity index (χ0n) is 12.9. The minimum absolute atomic E-state index is 0.0403. The highest BCUT2D eigenvalue weighted by Crippen LogP contribution is 2.25. The number of nitrogens with zero attached hydrogens (tertiary/aromatic N) is 3. The van der Waals surface area contributed by atoms with E-state index in [0.717, 1.165) is 0 Å². The quantitative estimate of drug-likeness (QED) is 0.575. The van der Waals surface area contributed by atoms with E-state index in [1.165, 1.54) is 12.3 Å². The molecule has 7 nitrogen and oxygen atoms in total. The number of anilines is 1. The highest BCUT2D eigenvalue weighted by atomic mass is 35.5. The highest BCUT2D eigenvalue weighted by Gasteiger charge is 2.28. The number of hydrogen-bond donors (Lipinski definition) is 3. The van der Waals surface area contributed by atoms with Crippen LogP contribution < -0.4 is 15.8 Å². The van der Waals surface area contributed by atoms with Crippen molar-refractivity contribution < 1.29 is 4.39 Å².